The van der Waals surface area contributed by atoms with Gasteiger partial charge in [0.25, 0.3) is 0 Å². The van der Waals surface area contributed by atoms with E-state index in [4.69, 9.17) is 9.47 Å². The number of nitrogens with one attached hydrogen (secondary N) is 3. The lowest BCUT2D eigenvalue weighted by Crippen LogP contribution is -2.45. The Balaban J connectivity index is 0.00000306. The summed E-state index contributed by atoms with van der Waals surface area (Å²) in [6.07, 6.45) is 1.98. The fourth-order valence-corrected chi connectivity index (χ4v) is 4.44. The number of hydrogen-bond donors (Lipinski definition) is 3. The Labute approximate surface area is 213 Å². The standard InChI is InChI=1S/C25H33N5O2.HI/c1-17-22(23-7-5-6-8-24(23)28-17)9-11-27-25(26-2)29-18-10-12-30(16-18)19-13-20(31-3)15-21(14-19)32-4;/h5-8,13-15,18,28H,9-12,16H2,1-4H3,(H2,26,27,29);1H. The highest BCUT2D eigenvalue weighted by molar-refractivity contribution is 14.0. The van der Waals surface area contributed by atoms with Crippen molar-refractivity contribution < 1.29 is 9.47 Å². The second kappa shape index (κ2) is 11.5. The fourth-order valence-electron chi connectivity index (χ4n) is 4.44. The molecule has 8 heteroatoms. The van der Waals surface area contributed by atoms with Gasteiger partial charge in [-0.1, -0.05) is 18.2 Å². The molecule has 4 rings (SSSR count). The molecule has 0 spiro atoms. The van der Waals surface area contributed by atoms with Crippen LogP contribution in [0.4, 0.5) is 5.69 Å². The molecule has 0 bridgehead atoms. The molecule has 7 nitrogen and oxygen atoms in total. The Morgan fingerprint density at radius 3 is 2.58 bits per heavy atom. The first-order valence-corrected chi connectivity index (χ1v) is 11.1. The molecular weight excluding hydrogens is 529 g/mol. The molecule has 0 aliphatic carbocycles. The SMILES string of the molecule is CN=C(NCCc1c(C)[nH]c2ccccc12)NC1CCN(c2cc(OC)cc(OC)c2)C1.I. The van der Waals surface area contributed by atoms with Crippen molar-refractivity contribution in [3.05, 3.63) is 53.7 Å². The zero-order chi connectivity index (χ0) is 22.5. The molecule has 2 aromatic carbocycles. The van der Waals surface area contributed by atoms with Gasteiger partial charge in [0.15, 0.2) is 5.96 Å². The summed E-state index contributed by atoms with van der Waals surface area (Å²) in [5.41, 5.74) is 4.91. The second-order valence-corrected chi connectivity index (χ2v) is 8.17. The average molecular weight is 563 g/mol. The highest BCUT2D eigenvalue weighted by Gasteiger charge is 2.24. The molecule has 1 aliphatic rings. The van der Waals surface area contributed by atoms with Crippen molar-refractivity contribution in [1.82, 2.24) is 15.6 Å². The van der Waals surface area contributed by atoms with E-state index < -0.39 is 0 Å². The van der Waals surface area contributed by atoms with Gasteiger partial charge in [0, 0.05) is 73.2 Å². The number of aromatic amines is 1. The Kier molecular flexibility index (Phi) is 8.71. The summed E-state index contributed by atoms with van der Waals surface area (Å²) < 4.78 is 10.8. The van der Waals surface area contributed by atoms with E-state index in [2.05, 4.69) is 68.8 Å². The van der Waals surface area contributed by atoms with Crippen molar-refractivity contribution in [3.63, 3.8) is 0 Å². The Hall–Kier alpha value is -2.62. The Bertz CT molecular complexity index is 1080. The molecule has 1 fully saturated rings. The molecule has 1 unspecified atom stereocenters. The van der Waals surface area contributed by atoms with Crippen molar-refractivity contribution in [2.75, 3.05) is 45.8 Å². The van der Waals surface area contributed by atoms with Crippen LogP contribution in [0.15, 0.2) is 47.5 Å². The van der Waals surface area contributed by atoms with Gasteiger partial charge in [0.1, 0.15) is 11.5 Å². The van der Waals surface area contributed by atoms with E-state index >= 15 is 0 Å². The highest BCUT2D eigenvalue weighted by atomic mass is 127. The highest BCUT2D eigenvalue weighted by Crippen LogP contribution is 2.30. The number of fused-ring (bicyclic) bond motifs is 1. The normalized spacial score (nSPS) is 15.9. The Morgan fingerprint density at radius 2 is 1.88 bits per heavy atom. The van der Waals surface area contributed by atoms with Gasteiger partial charge in [-0.25, -0.2) is 0 Å². The fraction of sp³-hybridized carbons (Fsp3) is 0.400. The number of anilines is 1. The number of methoxy groups -OCH3 is 2. The smallest absolute Gasteiger partial charge is 0.191 e. The van der Waals surface area contributed by atoms with Crippen LogP contribution in [0.1, 0.15) is 17.7 Å². The maximum Gasteiger partial charge on any atom is 0.191 e. The van der Waals surface area contributed by atoms with Crippen LogP contribution in [0, 0.1) is 6.92 Å². The number of H-pyrrole nitrogens is 1. The lowest BCUT2D eigenvalue weighted by molar-refractivity contribution is 0.394. The number of halogens is 1. The van der Waals surface area contributed by atoms with Crippen LogP contribution in [-0.2, 0) is 6.42 Å². The van der Waals surface area contributed by atoms with Crippen molar-refractivity contribution in [1.29, 1.82) is 0 Å². The molecule has 1 aromatic heterocycles. The van der Waals surface area contributed by atoms with Gasteiger partial charge in [-0.05, 0) is 31.4 Å². The number of rotatable bonds is 7. The largest absolute Gasteiger partial charge is 0.497 e. The van der Waals surface area contributed by atoms with E-state index in [0.29, 0.717) is 6.04 Å². The number of aryl methyl sites for hydroxylation is 1. The first kappa shape index (κ1) is 25.0. The second-order valence-electron chi connectivity index (χ2n) is 8.17. The number of aromatic nitrogens is 1. The van der Waals surface area contributed by atoms with E-state index in [1.807, 2.05) is 13.1 Å². The molecule has 0 radical (unpaired) electrons. The van der Waals surface area contributed by atoms with Gasteiger partial charge >= 0.3 is 0 Å². The van der Waals surface area contributed by atoms with Crippen molar-refractivity contribution >= 4 is 46.5 Å². The quantitative estimate of drug-likeness (QED) is 0.230. The van der Waals surface area contributed by atoms with E-state index in [1.54, 1.807) is 14.2 Å². The summed E-state index contributed by atoms with van der Waals surface area (Å²) in [6, 6.07) is 14.8. The third-order valence-electron chi connectivity index (χ3n) is 6.15. The molecule has 1 atom stereocenters. The number of nitrogens with zero attached hydrogens (tertiary/aromatic N) is 2. The number of ether oxygens (including phenoxy) is 2. The minimum atomic E-state index is 0. The van der Waals surface area contributed by atoms with Crippen LogP contribution in [0.3, 0.4) is 0 Å². The Morgan fingerprint density at radius 1 is 1.15 bits per heavy atom. The average Bonchev–Trinajstić information content (AvgIpc) is 3.42. The molecule has 0 saturated carbocycles. The zero-order valence-electron chi connectivity index (χ0n) is 19.8. The topological polar surface area (TPSA) is 73.9 Å². The van der Waals surface area contributed by atoms with Gasteiger partial charge in [0.2, 0.25) is 0 Å². The van der Waals surface area contributed by atoms with Crippen molar-refractivity contribution in [3.8, 4) is 11.5 Å². The molecule has 33 heavy (non-hydrogen) atoms. The van der Waals surface area contributed by atoms with Gasteiger partial charge < -0.3 is 30.0 Å². The van der Waals surface area contributed by atoms with Crippen LogP contribution in [0.5, 0.6) is 11.5 Å². The van der Waals surface area contributed by atoms with E-state index in [-0.39, 0.29) is 24.0 Å². The number of para-hydroxylation sites is 1. The summed E-state index contributed by atoms with van der Waals surface area (Å²) in [4.78, 5) is 10.3. The molecular formula is C25H34IN5O2. The molecule has 3 N–H and O–H groups in total. The molecule has 3 aromatic rings. The van der Waals surface area contributed by atoms with E-state index in [0.717, 1.165) is 55.6 Å². The maximum atomic E-state index is 5.42. The number of aliphatic imine (C=N–C) groups is 1. The number of benzene rings is 2. The molecule has 1 aliphatic heterocycles. The minimum absolute atomic E-state index is 0. The lowest BCUT2D eigenvalue weighted by atomic mass is 10.1. The molecule has 2 heterocycles. The summed E-state index contributed by atoms with van der Waals surface area (Å²) in [6.45, 7) is 4.84. The first-order chi connectivity index (χ1) is 15.6. The summed E-state index contributed by atoms with van der Waals surface area (Å²) >= 11 is 0. The van der Waals surface area contributed by atoms with Gasteiger partial charge in [-0.2, -0.15) is 0 Å². The third-order valence-corrected chi connectivity index (χ3v) is 6.15. The summed E-state index contributed by atoms with van der Waals surface area (Å²) in [7, 11) is 5.19. The molecule has 1 saturated heterocycles. The number of hydrogen-bond acceptors (Lipinski definition) is 4. The van der Waals surface area contributed by atoms with Crippen molar-refractivity contribution in [2.45, 2.75) is 25.8 Å². The van der Waals surface area contributed by atoms with Crippen molar-refractivity contribution in [2.24, 2.45) is 4.99 Å². The number of guanidine groups is 1. The van der Waals surface area contributed by atoms with Gasteiger partial charge in [-0.15, -0.1) is 24.0 Å². The van der Waals surface area contributed by atoms with Crippen LogP contribution in [0.2, 0.25) is 0 Å². The van der Waals surface area contributed by atoms with Crippen LogP contribution >= 0.6 is 24.0 Å². The third kappa shape index (κ3) is 5.85. The van der Waals surface area contributed by atoms with Gasteiger partial charge in [0.05, 0.1) is 14.2 Å². The van der Waals surface area contributed by atoms with Crippen LogP contribution < -0.4 is 25.0 Å². The molecule has 178 valence electrons. The lowest BCUT2D eigenvalue weighted by Gasteiger charge is -2.21. The first-order valence-electron chi connectivity index (χ1n) is 11.1. The summed E-state index contributed by atoms with van der Waals surface area (Å²) in [5.74, 6) is 2.46. The monoisotopic (exact) mass is 563 g/mol. The minimum Gasteiger partial charge on any atom is -0.497 e. The maximum absolute atomic E-state index is 5.42. The van der Waals surface area contributed by atoms with E-state index in [1.165, 1.54) is 22.2 Å². The van der Waals surface area contributed by atoms with E-state index in [9.17, 15) is 0 Å². The van der Waals surface area contributed by atoms with Crippen LogP contribution in [0.25, 0.3) is 10.9 Å². The zero-order valence-corrected chi connectivity index (χ0v) is 22.1. The summed E-state index contributed by atoms with van der Waals surface area (Å²) in [5, 5.41) is 8.37. The predicted octanol–water partition coefficient (Wildman–Crippen LogP) is 4.10. The van der Waals surface area contributed by atoms with Gasteiger partial charge in [-0.3, -0.25) is 4.99 Å². The predicted molar refractivity (Wildman–Crippen MR) is 147 cm³/mol. The molecule has 0 amide bonds. The van der Waals surface area contributed by atoms with Crippen LogP contribution in [-0.4, -0.2) is 57.9 Å².